The van der Waals surface area contributed by atoms with Gasteiger partial charge in [0, 0.05) is 19.0 Å². The highest BCUT2D eigenvalue weighted by Gasteiger charge is 2.32. The van der Waals surface area contributed by atoms with Crippen LogP contribution in [0.25, 0.3) is 0 Å². The Kier molecular flexibility index (Phi) is 4.62. The molecule has 0 amide bonds. The van der Waals surface area contributed by atoms with Gasteiger partial charge < -0.3 is 4.90 Å². The molecule has 0 aliphatic rings. The lowest BCUT2D eigenvalue weighted by Crippen LogP contribution is -2.22. The van der Waals surface area contributed by atoms with Crippen LogP contribution in [0, 0.1) is 0 Å². The number of hydrogen-bond donors (Lipinski definition) is 0. The van der Waals surface area contributed by atoms with Crippen LogP contribution < -0.4 is 4.90 Å². The molecule has 1 rings (SSSR count). The summed E-state index contributed by atoms with van der Waals surface area (Å²) in [6.07, 6.45) is -3.72. The first-order valence-electron chi connectivity index (χ1n) is 5.20. The normalized spacial score (nSPS) is 13.5. The summed E-state index contributed by atoms with van der Waals surface area (Å²) in [5.74, 6) is 0.303. The topological polar surface area (TPSA) is 16.1 Å². The Balaban J connectivity index is 2.77. The number of hydrogen-bond acceptors (Lipinski definition) is 2. The summed E-state index contributed by atoms with van der Waals surface area (Å²) in [4.78, 5) is 5.24. The van der Waals surface area contributed by atoms with Crippen molar-refractivity contribution in [3.05, 3.63) is 23.9 Å². The zero-order chi connectivity index (χ0) is 13.1. The molecule has 0 aliphatic carbocycles. The second kappa shape index (κ2) is 5.58. The van der Waals surface area contributed by atoms with Gasteiger partial charge >= 0.3 is 6.18 Å². The van der Waals surface area contributed by atoms with Crippen molar-refractivity contribution >= 4 is 17.4 Å². The highest BCUT2D eigenvalue weighted by Crippen LogP contribution is 2.28. The predicted octanol–water partition coefficient (Wildman–Crippen LogP) is 3.55. The van der Waals surface area contributed by atoms with Crippen LogP contribution in [0.15, 0.2) is 18.2 Å². The molecule has 0 aliphatic heterocycles. The number of aromatic nitrogens is 1. The maximum atomic E-state index is 12.4. The molecule has 1 aromatic heterocycles. The average molecular weight is 267 g/mol. The van der Waals surface area contributed by atoms with Crippen molar-refractivity contribution < 1.29 is 13.2 Å². The van der Waals surface area contributed by atoms with E-state index >= 15 is 0 Å². The molecule has 1 aromatic rings. The highest BCUT2D eigenvalue weighted by atomic mass is 35.5. The van der Waals surface area contributed by atoms with Gasteiger partial charge in [0.25, 0.3) is 0 Å². The summed E-state index contributed by atoms with van der Waals surface area (Å²) in [6.45, 7) is 2.41. The van der Waals surface area contributed by atoms with E-state index in [0.29, 0.717) is 18.8 Å². The van der Waals surface area contributed by atoms with Gasteiger partial charge in [0.1, 0.15) is 11.5 Å². The first kappa shape index (κ1) is 14.1. The number of anilines is 1. The molecule has 2 nitrogen and oxygen atoms in total. The number of nitrogens with zero attached hydrogens (tertiary/aromatic N) is 2. The minimum Gasteiger partial charge on any atom is -0.360 e. The molecule has 0 fully saturated rings. The lowest BCUT2D eigenvalue weighted by atomic mass is 10.3. The van der Waals surface area contributed by atoms with Crippen LogP contribution in [-0.2, 0) is 6.18 Å². The van der Waals surface area contributed by atoms with Crippen LogP contribution >= 0.6 is 11.6 Å². The molecular formula is C11H14ClF3N2. The summed E-state index contributed by atoms with van der Waals surface area (Å²) in [5.41, 5.74) is -0.874. The van der Waals surface area contributed by atoms with Crippen LogP contribution in [0.3, 0.4) is 0 Å². The molecule has 0 radical (unpaired) electrons. The van der Waals surface area contributed by atoms with Gasteiger partial charge in [-0.15, -0.1) is 11.6 Å². The Hall–Kier alpha value is -0.970. The SMILES string of the molecule is CC(Cl)CCN(C)c1cccc(C(F)(F)F)n1. The standard InChI is InChI=1S/C11H14ClF3N2/c1-8(12)6-7-17(2)10-5-3-4-9(16-10)11(13,14)15/h3-5,8H,6-7H2,1-2H3. The van der Waals surface area contributed by atoms with Crippen LogP contribution in [0.4, 0.5) is 19.0 Å². The van der Waals surface area contributed by atoms with E-state index < -0.39 is 11.9 Å². The van der Waals surface area contributed by atoms with Crippen molar-refractivity contribution in [1.29, 1.82) is 0 Å². The van der Waals surface area contributed by atoms with E-state index in [1.165, 1.54) is 6.07 Å². The second-order valence-corrected chi connectivity index (χ2v) is 4.61. The molecule has 17 heavy (non-hydrogen) atoms. The van der Waals surface area contributed by atoms with E-state index in [0.717, 1.165) is 6.07 Å². The lowest BCUT2D eigenvalue weighted by molar-refractivity contribution is -0.141. The van der Waals surface area contributed by atoms with E-state index in [1.54, 1.807) is 18.0 Å². The third-order valence-electron chi connectivity index (χ3n) is 2.28. The van der Waals surface area contributed by atoms with Crippen LogP contribution in [-0.4, -0.2) is 24.0 Å². The van der Waals surface area contributed by atoms with Gasteiger partial charge in [0.15, 0.2) is 0 Å². The summed E-state index contributed by atoms with van der Waals surface area (Å²) >= 11 is 5.79. The van der Waals surface area contributed by atoms with Crippen molar-refractivity contribution in [1.82, 2.24) is 4.98 Å². The maximum Gasteiger partial charge on any atom is 0.433 e. The maximum absolute atomic E-state index is 12.4. The van der Waals surface area contributed by atoms with Gasteiger partial charge in [0.05, 0.1) is 0 Å². The Labute approximate surface area is 103 Å². The Bertz CT molecular complexity index is 366. The van der Waals surface area contributed by atoms with Gasteiger partial charge in [0.2, 0.25) is 0 Å². The van der Waals surface area contributed by atoms with Gasteiger partial charge in [-0.2, -0.15) is 13.2 Å². The Morgan fingerprint density at radius 3 is 2.59 bits per heavy atom. The summed E-state index contributed by atoms with van der Waals surface area (Å²) in [6, 6.07) is 3.86. The minimum absolute atomic E-state index is 0.0109. The van der Waals surface area contributed by atoms with E-state index in [1.807, 2.05) is 6.92 Å². The third kappa shape index (κ3) is 4.42. The van der Waals surface area contributed by atoms with Crippen molar-refractivity contribution in [3.63, 3.8) is 0 Å². The predicted molar refractivity (Wildman–Crippen MR) is 62.4 cm³/mol. The number of rotatable bonds is 4. The van der Waals surface area contributed by atoms with E-state index in [4.69, 9.17) is 11.6 Å². The molecule has 1 unspecified atom stereocenters. The van der Waals surface area contributed by atoms with Crippen LogP contribution in [0.5, 0.6) is 0 Å². The smallest absolute Gasteiger partial charge is 0.360 e. The van der Waals surface area contributed by atoms with Crippen molar-refractivity contribution in [2.45, 2.75) is 24.9 Å². The molecule has 0 saturated carbocycles. The molecule has 96 valence electrons. The fourth-order valence-electron chi connectivity index (χ4n) is 1.28. The van der Waals surface area contributed by atoms with Crippen LogP contribution in [0.1, 0.15) is 19.0 Å². The largest absolute Gasteiger partial charge is 0.433 e. The molecule has 0 saturated heterocycles. The second-order valence-electron chi connectivity index (χ2n) is 3.87. The quantitative estimate of drug-likeness (QED) is 0.775. The van der Waals surface area contributed by atoms with E-state index in [-0.39, 0.29) is 5.38 Å². The molecular weight excluding hydrogens is 253 g/mol. The fourth-order valence-corrected chi connectivity index (χ4v) is 1.38. The monoisotopic (exact) mass is 266 g/mol. The Morgan fingerprint density at radius 2 is 2.06 bits per heavy atom. The number of pyridine rings is 1. The summed E-state index contributed by atoms with van der Waals surface area (Å²) in [5, 5.41) is -0.0109. The van der Waals surface area contributed by atoms with Gasteiger partial charge in [-0.1, -0.05) is 6.07 Å². The molecule has 0 N–H and O–H groups in total. The molecule has 6 heteroatoms. The first-order chi connectivity index (χ1) is 7.80. The number of halogens is 4. The molecule has 0 spiro atoms. The molecule has 0 bridgehead atoms. The van der Waals surface area contributed by atoms with Crippen molar-refractivity contribution in [2.24, 2.45) is 0 Å². The van der Waals surface area contributed by atoms with Crippen LogP contribution in [0.2, 0.25) is 0 Å². The van der Waals surface area contributed by atoms with E-state index in [2.05, 4.69) is 4.98 Å². The zero-order valence-corrected chi connectivity index (χ0v) is 10.4. The molecule has 1 atom stereocenters. The summed E-state index contributed by atoms with van der Waals surface area (Å²) in [7, 11) is 1.70. The molecule has 1 heterocycles. The van der Waals surface area contributed by atoms with Crippen molar-refractivity contribution in [3.8, 4) is 0 Å². The lowest BCUT2D eigenvalue weighted by Gasteiger charge is -2.19. The van der Waals surface area contributed by atoms with Gasteiger partial charge in [-0.05, 0) is 25.5 Å². The average Bonchev–Trinajstić information content (AvgIpc) is 2.25. The van der Waals surface area contributed by atoms with Gasteiger partial charge in [-0.3, -0.25) is 0 Å². The minimum atomic E-state index is -4.41. The Morgan fingerprint density at radius 1 is 1.41 bits per heavy atom. The van der Waals surface area contributed by atoms with Gasteiger partial charge in [-0.25, -0.2) is 4.98 Å². The number of alkyl halides is 4. The highest BCUT2D eigenvalue weighted by molar-refractivity contribution is 6.20. The molecule has 0 aromatic carbocycles. The fraction of sp³-hybridized carbons (Fsp3) is 0.545. The zero-order valence-electron chi connectivity index (χ0n) is 9.63. The van der Waals surface area contributed by atoms with Crippen molar-refractivity contribution in [2.75, 3.05) is 18.5 Å². The van der Waals surface area contributed by atoms with E-state index in [9.17, 15) is 13.2 Å². The third-order valence-corrected chi connectivity index (χ3v) is 2.50. The summed E-state index contributed by atoms with van der Waals surface area (Å²) < 4.78 is 37.3. The first-order valence-corrected chi connectivity index (χ1v) is 5.64.